The van der Waals surface area contributed by atoms with Gasteiger partial charge >= 0.3 is 0 Å². The third-order valence-electron chi connectivity index (χ3n) is 12.9. The minimum atomic E-state index is -0.560. The maximum Gasteiger partial charge on any atom is 0.181 e. The smallest absolute Gasteiger partial charge is 0.181 e. The molecule has 0 fully saturated rings. The zero-order valence-corrected chi connectivity index (χ0v) is 34.4. The van der Waals surface area contributed by atoms with Gasteiger partial charge in [-0.3, -0.25) is 0 Å². The van der Waals surface area contributed by atoms with Crippen LogP contribution in [-0.2, 0) is 5.41 Å². The molecular weight excluding hydrogens is 787 g/mol. The number of nitrogens with zero attached hydrogens (tertiary/aromatic N) is 2. The van der Waals surface area contributed by atoms with Gasteiger partial charge in [0.1, 0.15) is 23.2 Å². The minimum absolute atomic E-state index is 0.435. The summed E-state index contributed by atoms with van der Waals surface area (Å²) in [5, 5.41) is 5.85. The molecule has 6 nitrogen and oxygen atoms in total. The summed E-state index contributed by atoms with van der Waals surface area (Å²) in [5.41, 5.74) is 13.0. The molecule has 6 heteroatoms. The van der Waals surface area contributed by atoms with Gasteiger partial charge in [0.15, 0.2) is 28.8 Å². The van der Waals surface area contributed by atoms with Crippen LogP contribution in [-0.4, -0.2) is 11.7 Å². The van der Waals surface area contributed by atoms with Crippen LogP contribution in [0.2, 0.25) is 0 Å². The Morgan fingerprint density at radius 2 is 1.09 bits per heavy atom. The van der Waals surface area contributed by atoms with Crippen molar-refractivity contribution in [3.8, 4) is 45.3 Å². The van der Waals surface area contributed by atoms with E-state index in [4.69, 9.17) is 23.9 Å². The van der Waals surface area contributed by atoms with Crippen molar-refractivity contribution in [2.45, 2.75) is 11.6 Å². The molecular formula is C58H37N3O3. The van der Waals surface area contributed by atoms with E-state index in [1.165, 1.54) is 22.3 Å². The van der Waals surface area contributed by atoms with Crippen molar-refractivity contribution in [3.63, 3.8) is 0 Å². The average Bonchev–Trinajstić information content (AvgIpc) is 3.89. The molecule has 1 aliphatic carbocycles. The predicted molar refractivity (Wildman–Crippen MR) is 255 cm³/mol. The highest BCUT2D eigenvalue weighted by Crippen LogP contribution is 2.60. The van der Waals surface area contributed by atoms with Crippen LogP contribution in [0.4, 0.5) is 0 Å². The third-order valence-corrected chi connectivity index (χ3v) is 12.9. The Morgan fingerprint density at radius 1 is 0.453 bits per heavy atom. The molecule has 1 atom stereocenters. The lowest BCUT2D eigenvalue weighted by Crippen LogP contribution is -2.33. The molecule has 302 valence electrons. The number of hydrogen-bond acceptors (Lipinski definition) is 6. The first-order chi connectivity index (χ1) is 31.7. The highest BCUT2D eigenvalue weighted by Gasteiger charge is 2.47. The number of rotatable bonds is 6. The van der Waals surface area contributed by atoms with E-state index in [9.17, 15) is 0 Å². The van der Waals surface area contributed by atoms with Crippen LogP contribution in [0.3, 0.4) is 0 Å². The van der Waals surface area contributed by atoms with Crippen LogP contribution >= 0.6 is 0 Å². The average molecular weight is 824 g/mol. The molecule has 3 aliphatic rings. The number of amidine groups is 2. The van der Waals surface area contributed by atoms with E-state index in [1.54, 1.807) is 0 Å². The SMILES string of the molecule is c1ccc(C2=NC(c3cccc4c3Oc3cc5c(cc3O4)C(c3ccccc3)(c3ccccc3)c3ccccc3-5)=NC(c3ccc(-c4cccc5c4oc4ccccc45)cc3)N2)cc1. The molecule has 3 heterocycles. The molecule has 0 amide bonds. The highest BCUT2D eigenvalue weighted by atomic mass is 16.6. The van der Waals surface area contributed by atoms with Crippen LogP contribution < -0.4 is 14.8 Å². The van der Waals surface area contributed by atoms with Crippen molar-refractivity contribution < 1.29 is 13.9 Å². The minimum Gasteiger partial charge on any atom is -0.455 e. The van der Waals surface area contributed by atoms with Gasteiger partial charge in [-0.1, -0.05) is 182 Å². The van der Waals surface area contributed by atoms with Crippen LogP contribution in [0.15, 0.2) is 227 Å². The van der Waals surface area contributed by atoms with Crippen molar-refractivity contribution >= 4 is 33.6 Å². The Labute approximate surface area is 369 Å². The van der Waals surface area contributed by atoms with E-state index in [0.717, 1.165) is 60.9 Å². The molecule has 0 spiro atoms. The summed E-state index contributed by atoms with van der Waals surface area (Å²) in [5.74, 6) is 3.73. The second-order valence-electron chi connectivity index (χ2n) is 16.4. The first kappa shape index (κ1) is 36.2. The molecule has 10 aromatic rings. The Morgan fingerprint density at radius 3 is 1.89 bits per heavy atom. The fourth-order valence-electron chi connectivity index (χ4n) is 10.0. The fraction of sp³-hybridized carbons (Fsp3) is 0.0345. The number of fused-ring (bicyclic) bond motifs is 8. The van der Waals surface area contributed by atoms with Gasteiger partial charge < -0.3 is 19.2 Å². The zero-order valence-electron chi connectivity index (χ0n) is 34.4. The second-order valence-corrected chi connectivity index (χ2v) is 16.4. The molecule has 0 saturated carbocycles. The normalized spacial score (nSPS) is 15.4. The van der Waals surface area contributed by atoms with Crippen LogP contribution in [0.25, 0.3) is 44.2 Å². The summed E-state index contributed by atoms with van der Waals surface area (Å²) < 4.78 is 20.2. The monoisotopic (exact) mass is 823 g/mol. The van der Waals surface area contributed by atoms with Gasteiger partial charge in [0, 0.05) is 21.9 Å². The van der Waals surface area contributed by atoms with E-state index >= 15 is 0 Å². The maximum absolute atomic E-state index is 6.98. The van der Waals surface area contributed by atoms with Gasteiger partial charge in [0.05, 0.1) is 11.0 Å². The van der Waals surface area contributed by atoms with E-state index < -0.39 is 11.6 Å². The molecule has 0 bridgehead atoms. The Bertz CT molecular complexity index is 3480. The summed E-state index contributed by atoms with van der Waals surface area (Å²) in [6, 6.07) is 73.7. The maximum atomic E-state index is 6.98. The number of ether oxygens (including phenoxy) is 2. The molecule has 9 aromatic carbocycles. The molecule has 0 radical (unpaired) electrons. The van der Waals surface area contributed by atoms with Crippen molar-refractivity contribution in [1.29, 1.82) is 0 Å². The molecule has 13 rings (SSSR count). The molecule has 2 aliphatic heterocycles. The number of hydrogen-bond donors (Lipinski definition) is 1. The number of para-hydroxylation sites is 3. The Kier molecular flexibility index (Phi) is 8.09. The number of benzene rings is 9. The summed E-state index contributed by atoms with van der Waals surface area (Å²) in [6.45, 7) is 0. The largest absolute Gasteiger partial charge is 0.455 e. The summed E-state index contributed by atoms with van der Waals surface area (Å²) >= 11 is 0. The van der Waals surface area contributed by atoms with Crippen LogP contribution in [0, 0.1) is 0 Å². The fourth-order valence-corrected chi connectivity index (χ4v) is 10.0. The lowest BCUT2D eigenvalue weighted by molar-refractivity contribution is 0.358. The van der Waals surface area contributed by atoms with E-state index in [1.807, 2.05) is 54.6 Å². The quantitative estimate of drug-likeness (QED) is 0.181. The molecule has 1 unspecified atom stereocenters. The van der Waals surface area contributed by atoms with Crippen molar-refractivity contribution in [1.82, 2.24) is 5.32 Å². The van der Waals surface area contributed by atoms with Gasteiger partial charge in [-0.05, 0) is 74.8 Å². The lowest BCUT2D eigenvalue weighted by Gasteiger charge is -2.34. The van der Waals surface area contributed by atoms with E-state index in [2.05, 4.69) is 163 Å². The summed E-state index contributed by atoms with van der Waals surface area (Å²) in [6.07, 6.45) is -0.435. The van der Waals surface area contributed by atoms with E-state index in [0.29, 0.717) is 34.7 Å². The lowest BCUT2D eigenvalue weighted by atomic mass is 9.67. The Hall–Kier alpha value is -8.48. The van der Waals surface area contributed by atoms with Crippen LogP contribution in [0.1, 0.15) is 45.1 Å². The van der Waals surface area contributed by atoms with Gasteiger partial charge in [-0.25, -0.2) is 9.98 Å². The second kappa shape index (κ2) is 14.3. The van der Waals surface area contributed by atoms with Gasteiger partial charge in [-0.2, -0.15) is 0 Å². The first-order valence-electron chi connectivity index (χ1n) is 21.6. The topological polar surface area (TPSA) is 68.3 Å². The standard InChI is InChI=1S/C58H37N3O3/c1-4-16-37(17-5-1)55-59-56(38-32-30-36(31-33-38)41-24-14-25-44-43-23-11-13-28-49(43)63-53(41)44)61-57(60-55)45-26-15-29-50-54(45)64-51-34-46-42-22-10-12-27-47(42)58(39-18-6-2-7-19-39,40-20-8-3-9-21-40)48(46)35-52(51)62-50/h1-35,56H,(H,59,60,61). The number of nitrogens with one attached hydrogen (secondary N) is 1. The van der Waals surface area contributed by atoms with Crippen molar-refractivity contribution in [2.24, 2.45) is 9.98 Å². The van der Waals surface area contributed by atoms with Crippen molar-refractivity contribution in [3.05, 3.63) is 251 Å². The molecule has 0 saturated heterocycles. The Balaban J connectivity index is 0.905. The summed E-state index contributed by atoms with van der Waals surface area (Å²) in [7, 11) is 0. The zero-order chi connectivity index (χ0) is 42.2. The van der Waals surface area contributed by atoms with Gasteiger partial charge in [0.2, 0.25) is 0 Å². The molecule has 1 aromatic heterocycles. The third kappa shape index (κ3) is 5.52. The highest BCUT2D eigenvalue weighted by molar-refractivity contribution is 6.14. The van der Waals surface area contributed by atoms with Gasteiger partial charge in [0.25, 0.3) is 0 Å². The predicted octanol–water partition coefficient (Wildman–Crippen LogP) is 14.0. The molecule has 64 heavy (non-hydrogen) atoms. The van der Waals surface area contributed by atoms with Gasteiger partial charge in [-0.15, -0.1) is 0 Å². The number of furan rings is 1. The van der Waals surface area contributed by atoms with Crippen LogP contribution in [0.5, 0.6) is 23.0 Å². The summed E-state index contributed by atoms with van der Waals surface area (Å²) in [4.78, 5) is 10.4. The van der Waals surface area contributed by atoms with Crippen molar-refractivity contribution in [2.75, 3.05) is 0 Å². The number of aliphatic imine (C=N–C) groups is 2. The first-order valence-corrected chi connectivity index (χ1v) is 21.6. The van der Waals surface area contributed by atoms with E-state index in [-0.39, 0.29) is 0 Å². The molecule has 1 N–H and O–H groups in total.